The van der Waals surface area contributed by atoms with Crippen molar-refractivity contribution in [1.29, 1.82) is 0 Å². The van der Waals surface area contributed by atoms with E-state index in [4.69, 9.17) is 23.8 Å². The van der Waals surface area contributed by atoms with E-state index in [0.29, 0.717) is 27.2 Å². The molecule has 156 valence electrons. The maximum Gasteiger partial charge on any atom is 0.266 e. The number of hydrogen-bond donors (Lipinski definition) is 0. The molecule has 2 aliphatic rings. The summed E-state index contributed by atoms with van der Waals surface area (Å²) in [5.41, 5.74) is 0.838. The van der Waals surface area contributed by atoms with Crippen molar-refractivity contribution in [2.24, 2.45) is 0 Å². The molecule has 0 radical (unpaired) electrons. The number of thiocarbonyl (C=S) groups is 1. The molecule has 29 heavy (non-hydrogen) atoms. The molecular weight excluding hydrogens is 452 g/mol. The van der Waals surface area contributed by atoms with Gasteiger partial charge in [-0.15, -0.1) is 0 Å². The van der Waals surface area contributed by atoms with Crippen LogP contribution in [0.1, 0.15) is 25.3 Å². The van der Waals surface area contributed by atoms with Gasteiger partial charge in [0.05, 0.1) is 16.4 Å². The van der Waals surface area contributed by atoms with Gasteiger partial charge in [0.2, 0.25) is 5.91 Å². The Morgan fingerprint density at radius 3 is 2.66 bits per heavy atom. The molecule has 0 saturated carbocycles. The van der Waals surface area contributed by atoms with Gasteiger partial charge in [0.1, 0.15) is 4.32 Å². The number of hydrogen-bond acceptors (Lipinski definition) is 6. The standard InChI is InChI=1S/C19H21ClN2O4S3/c1-2-21(15-8-10-29(25,26)12-15)17(23)7-9-22-18(24)16(28-19(22)27)11-13-3-5-14(20)6-4-13/h3-6,11,15H,2,7-10,12H2,1H3. The molecule has 2 aliphatic heterocycles. The van der Waals surface area contributed by atoms with Crippen molar-refractivity contribution in [3.05, 3.63) is 39.8 Å². The number of sulfone groups is 1. The number of carbonyl (C=O) groups excluding carboxylic acids is 2. The molecule has 0 N–H and O–H groups in total. The van der Waals surface area contributed by atoms with Gasteiger partial charge < -0.3 is 4.90 Å². The number of nitrogens with zero attached hydrogens (tertiary/aromatic N) is 2. The highest BCUT2D eigenvalue weighted by atomic mass is 35.5. The van der Waals surface area contributed by atoms with Crippen molar-refractivity contribution in [3.8, 4) is 0 Å². The predicted octanol–water partition coefficient (Wildman–Crippen LogP) is 2.97. The molecule has 0 aromatic heterocycles. The van der Waals surface area contributed by atoms with Gasteiger partial charge >= 0.3 is 0 Å². The lowest BCUT2D eigenvalue weighted by Crippen LogP contribution is -2.42. The average molecular weight is 473 g/mol. The van der Waals surface area contributed by atoms with Crippen LogP contribution >= 0.6 is 35.6 Å². The number of amides is 2. The molecule has 0 aliphatic carbocycles. The summed E-state index contributed by atoms with van der Waals surface area (Å²) in [4.78, 5) is 28.9. The van der Waals surface area contributed by atoms with E-state index >= 15 is 0 Å². The number of halogens is 1. The average Bonchev–Trinajstić information content (AvgIpc) is 3.15. The molecule has 0 spiro atoms. The first-order valence-corrected chi connectivity index (χ1v) is 12.6. The Hall–Kier alpha value is -1.42. The summed E-state index contributed by atoms with van der Waals surface area (Å²) in [7, 11) is -3.07. The van der Waals surface area contributed by atoms with Crippen LogP contribution in [0.4, 0.5) is 0 Å². The minimum Gasteiger partial charge on any atom is -0.339 e. The topological polar surface area (TPSA) is 74.8 Å². The molecule has 2 saturated heterocycles. The minimum atomic E-state index is -3.07. The summed E-state index contributed by atoms with van der Waals surface area (Å²) in [6.45, 7) is 2.45. The van der Waals surface area contributed by atoms with E-state index < -0.39 is 9.84 Å². The zero-order valence-electron chi connectivity index (χ0n) is 15.8. The van der Waals surface area contributed by atoms with Crippen LogP contribution in [0.15, 0.2) is 29.2 Å². The maximum absolute atomic E-state index is 12.7. The maximum atomic E-state index is 12.7. The summed E-state index contributed by atoms with van der Waals surface area (Å²) in [5.74, 6) is -0.261. The molecule has 6 nitrogen and oxygen atoms in total. The van der Waals surface area contributed by atoms with Gasteiger partial charge in [-0.2, -0.15) is 0 Å². The van der Waals surface area contributed by atoms with Gasteiger partial charge in [-0.1, -0.05) is 47.7 Å². The van der Waals surface area contributed by atoms with Crippen molar-refractivity contribution in [2.75, 3.05) is 24.6 Å². The third-order valence-electron chi connectivity index (χ3n) is 4.90. The third-order valence-corrected chi connectivity index (χ3v) is 8.28. The predicted molar refractivity (Wildman–Crippen MR) is 120 cm³/mol. The van der Waals surface area contributed by atoms with Gasteiger partial charge in [-0.3, -0.25) is 14.5 Å². The lowest BCUT2D eigenvalue weighted by atomic mass is 10.2. The van der Waals surface area contributed by atoms with Crippen LogP contribution in [-0.4, -0.2) is 65.0 Å². The molecule has 1 atom stereocenters. The van der Waals surface area contributed by atoms with Crippen LogP contribution in [0.25, 0.3) is 6.08 Å². The van der Waals surface area contributed by atoms with Crippen LogP contribution in [0.2, 0.25) is 5.02 Å². The Labute approximate surface area is 185 Å². The van der Waals surface area contributed by atoms with Crippen molar-refractivity contribution in [2.45, 2.75) is 25.8 Å². The molecule has 2 fully saturated rings. The van der Waals surface area contributed by atoms with Gasteiger partial charge in [0.25, 0.3) is 5.91 Å². The van der Waals surface area contributed by atoms with Gasteiger partial charge in [0, 0.05) is 30.6 Å². The Bertz CT molecular complexity index is 960. The molecule has 1 unspecified atom stereocenters. The first-order valence-electron chi connectivity index (χ1n) is 9.21. The minimum absolute atomic E-state index is 0.0114. The van der Waals surface area contributed by atoms with E-state index in [9.17, 15) is 18.0 Å². The van der Waals surface area contributed by atoms with Gasteiger partial charge in [-0.05, 0) is 37.1 Å². The largest absolute Gasteiger partial charge is 0.339 e. The van der Waals surface area contributed by atoms with Crippen LogP contribution in [0, 0.1) is 0 Å². The Morgan fingerprint density at radius 2 is 2.07 bits per heavy atom. The van der Waals surface area contributed by atoms with E-state index in [1.165, 1.54) is 16.7 Å². The Balaban J connectivity index is 1.62. The highest BCUT2D eigenvalue weighted by molar-refractivity contribution is 8.26. The zero-order valence-corrected chi connectivity index (χ0v) is 19.0. The Morgan fingerprint density at radius 1 is 1.38 bits per heavy atom. The van der Waals surface area contributed by atoms with E-state index in [2.05, 4.69) is 0 Å². The molecule has 2 amide bonds. The van der Waals surface area contributed by atoms with Gasteiger partial charge in [0.15, 0.2) is 9.84 Å². The molecule has 2 heterocycles. The fourth-order valence-electron chi connectivity index (χ4n) is 3.41. The summed E-state index contributed by atoms with van der Waals surface area (Å²) >= 11 is 12.4. The second kappa shape index (κ2) is 9.16. The number of carbonyl (C=O) groups is 2. The van der Waals surface area contributed by atoms with Crippen LogP contribution < -0.4 is 0 Å². The zero-order chi connectivity index (χ0) is 21.2. The molecular formula is C19H21ClN2O4S3. The molecule has 1 aromatic rings. The number of thioether (sulfide) groups is 1. The molecule has 0 bridgehead atoms. The summed E-state index contributed by atoms with van der Waals surface area (Å²) in [6, 6.07) is 6.83. The fourth-order valence-corrected chi connectivity index (χ4v) is 6.58. The summed E-state index contributed by atoms with van der Waals surface area (Å²) < 4.78 is 23.8. The second-order valence-electron chi connectivity index (χ2n) is 6.87. The monoisotopic (exact) mass is 472 g/mol. The van der Waals surface area contributed by atoms with E-state index in [-0.39, 0.29) is 42.3 Å². The summed E-state index contributed by atoms with van der Waals surface area (Å²) in [6.07, 6.45) is 2.32. The lowest BCUT2D eigenvalue weighted by Gasteiger charge is -2.27. The Kier molecular flexibility index (Phi) is 7.03. The smallest absolute Gasteiger partial charge is 0.266 e. The van der Waals surface area contributed by atoms with Crippen molar-refractivity contribution >= 4 is 67.6 Å². The lowest BCUT2D eigenvalue weighted by molar-refractivity contribution is -0.133. The normalized spacial score (nSPS) is 22.5. The number of benzene rings is 1. The quantitative estimate of drug-likeness (QED) is 0.468. The second-order valence-corrected chi connectivity index (χ2v) is 11.2. The summed E-state index contributed by atoms with van der Waals surface area (Å²) in [5, 5.41) is 0.615. The van der Waals surface area contributed by atoms with Crippen molar-refractivity contribution in [3.63, 3.8) is 0 Å². The van der Waals surface area contributed by atoms with E-state index in [1.807, 2.05) is 19.1 Å². The number of rotatable bonds is 6. The molecule has 1 aromatic carbocycles. The van der Waals surface area contributed by atoms with Crippen LogP contribution in [0.3, 0.4) is 0 Å². The fraction of sp³-hybridized carbons (Fsp3) is 0.421. The van der Waals surface area contributed by atoms with Crippen LogP contribution in [0.5, 0.6) is 0 Å². The van der Waals surface area contributed by atoms with Crippen LogP contribution in [-0.2, 0) is 19.4 Å². The highest BCUT2D eigenvalue weighted by Gasteiger charge is 2.35. The first kappa shape index (κ1) is 22.3. The first-order chi connectivity index (χ1) is 13.7. The van der Waals surface area contributed by atoms with E-state index in [1.54, 1.807) is 23.1 Å². The highest BCUT2D eigenvalue weighted by Crippen LogP contribution is 2.33. The van der Waals surface area contributed by atoms with Crippen molar-refractivity contribution < 1.29 is 18.0 Å². The van der Waals surface area contributed by atoms with Crippen molar-refractivity contribution in [1.82, 2.24) is 9.80 Å². The molecule has 10 heteroatoms. The van der Waals surface area contributed by atoms with E-state index in [0.717, 1.165) is 5.56 Å². The third kappa shape index (κ3) is 5.39. The SMILES string of the molecule is CCN(C(=O)CCN1C(=O)C(=Cc2ccc(Cl)cc2)SC1=S)C1CCS(=O)(=O)C1. The molecule has 3 rings (SSSR count). The van der Waals surface area contributed by atoms with Gasteiger partial charge in [-0.25, -0.2) is 8.42 Å².